The highest BCUT2D eigenvalue weighted by atomic mass is 35.5. The number of alkyl halides is 1. The second-order valence-corrected chi connectivity index (χ2v) is 5.10. The summed E-state index contributed by atoms with van der Waals surface area (Å²) in [5.74, 6) is 1.18. The molecule has 1 amide bonds. The number of hydrogen-bond donors (Lipinski definition) is 0. The van der Waals surface area contributed by atoms with Crippen molar-refractivity contribution in [1.82, 2.24) is 4.90 Å². The zero-order valence-corrected chi connectivity index (χ0v) is 10.0. The Labute approximate surface area is 95.7 Å². The smallest absolute Gasteiger partial charge is 0.240 e. The van der Waals surface area contributed by atoms with Gasteiger partial charge in [-0.15, -0.1) is 11.6 Å². The van der Waals surface area contributed by atoms with Gasteiger partial charge in [0.25, 0.3) is 0 Å². The van der Waals surface area contributed by atoms with Crippen LogP contribution in [0.2, 0.25) is 0 Å². The van der Waals surface area contributed by atoms with Crippen LogP contribution >= 0.6 is 11.6 Å². The van der Waals surface area contributed by atoms with Gasteiger partial charge in [-0.05, 0) is 12.8 Å². The SMILES string of the molecule is CCC(Cl)C(=O)N1CC2CC(C1)C2OC. The molecule has 2 saturated heterocycles. The number of ether oxygens (including phenoxy) is 1. The molecule has 3 nitrogen and oxygen atoms in total. The predicted molar refractivity (Wildman–Crippen MR) is 58.9 cm³/mol. The van der Waals surface area contributed by atoms with E-state index in [1.165, 1.54) is 6.42 Å². The van der Waals surface area contributed by atoms with E-state index >= 15 is 0 Å². The summed E-state index contributed by atoms with van der Waals surface area (Å²) >= 11 is 5.96. The summed E-state index contributed by atoms with van der Waals surface area (Å²) in [5.41, 5.74) is 0. The molecule has 2 heterocycles. The third kappa shape index (κ3) is 1.87. The first-order chi connectivity index (χ1) is 7.17. The van der Waals surface area contributed by atoms with Gasteiger partial charge in [-0.3, -0.25) is 4.79 Å². The minimum Gasteiger partial charge on any atom is -0.381 e. The van der Waals surface area contributed by atoms with Gasteiger partial charge >= 0.3 is 0 Å². The van der Waals surface area contributed by atoms with Gasteiger partial charge in [0.05, 0.1) is 6.10 Å². The van der Waals surface area contributed by atoms with E-state index < -0.39 is 0 Å². The van der Waals surface area contributed by atoms with Crippen LogP contribution in [0.5, 0.6) is 0 Å². The van der Waals surface area contributed by atoms with E-state index in [2.05, 4.69) is 0 Å². The molecule has 3 rings (SSSR count). The fraction of sp³-hybridized carbons (Fsp3) is 0.909. The summed E-state index contributed by atoms with van der Waals surface area (Å²) in [7, 11) is 1.76. The second kappa shape index (κ2) is 4.30. The van der Waals surface area contributed by atoms with Crippen LogP contribution in [0.4, 0.5) is 0 Å². The Bertz CT molecular complexity index is 247. The maximum absolute atomic E-state index is 11.8. The van der Waals surface area contributed by atoms with E-state index in [1.807, 2.05) is 11.8 Å². The molecule has 15 heavy (non-hydrogen) atoms. The summed E-state index contributed by atoms with van der Waals surface area (Å²) in [6, 6.07) is 0. The summed E-state index contributed by atoms with van der Waals surface area (Å²) in [4.78, 5) is 13.8. The Morgan fingerprint density at radius 3 is 2.60 bits per heavy atom. The standard InChI is InChI=1S/C11H18ClNO2/c1-3-9(12)11(14)13-5-7-4-8(6-13)10(7)15-2/h7-10H,3-6H2,1-2H3. The average molecular weight is 232 g/mol. The van der Waals surface area contributed by atoms with Crippen LogP contribution in [0.25, 0.3) is 0 Å². The number of methoxy groups -OCH3 is 1. The number of amides is 1. The largest absolute Gasteiger partial charge is 0.381 e. The molecule has 0 aromatic rings. The number of nitrogens with zero attached hydrogens (tertiary/aromatic N) is 1. The van der Waals surface area contributed by atoms with E-state index in [1.54, 1.807) is 7.11 Å². The van der Waals surface area contributed by atoms with Crippen LogP contribution in [0.3, 0.4) is 0 Å². The number of carbonyl (C=O) groups is 1. The molecular weight excluding hydrogens is 214 g/mol. The molecule has 0 aromatic carbocycles. The highest BCUT2D eigenvalue weighted by Crippen LogP contribution is 2.42. The molecule has 2 aliphatic heterocycles. The van der Waals surface area contributed by atoms with Crippen molar-refractivity contribution in [3.8, 4) is 0 Å². The molecule has 3 aliphatic rings. The molecule has 86 valence electrons. The maximum Gasteiger partial charge on any atom is 0.240 e. The van der Waals surface area contributed by atoms with E-state index in [0.717, 1.165) is 13.1 Å². The minimum atomic E-state index is -0.344. The fourth-order valence-corrected chi connectivity index (χ4v) is 2.92. The lowest BCUT2D eigenvalue weighted by molar-refractivity contribution is -0.155. The first kappa shape index (κ1) is 11.2. The Morgan fingerprint density at radius 2 is 2.13 bits per heavy atom. The molecule has 0 N–H and O–H groups in total. The monoisotopic (exact) mass is 231 g/mol. The lowest BCUT2D eigenvalue weighted by atomic mass is 9.68. The van der Waals surface area contributed by atoms with E-state index in [9.17, 15) is 4.79 Å². The Kier molecular flexibility index (Phi) is 3.21. The van der Waals surface area contributed by atoms with Gasteiger partial charge in [0.15, 0.2) is 0 Å². The average Bonchev–Trinajstić information content (AvgIpc) is 2.27. The van der Waals surface area contributed by atoms with Gasteiger partial charge in [-0.1, -0.05) is 6.92 Å². The molecule has 4 heteroatoms. The number of piperidine rings is 2. The van der Waals surface area contributed by atoms with Crippen molar-refractivity contribution in [1.29, 1.82) is 0 Å². The zero-order valence-electron chi connectivity index (χ0n) is 9.28. The van der Waals surface area contributed by atoms with Crippen molar-refractivity contribution >= 4 is 17.5 Å². The maximum atomic E-state index is 11.8. The number of hydrogen-bond acceptors (Lipinski definition) is 2. The second-order valence-electron chi connectivity index (χ2n) is 4.58. The van der Waals surface area contributed by atoms with E-state index in [-0.39, 0.29) is 11.3 Å². The third-order valence-corrected chi connectivity index (χ3v) is 4.15. The lowest BCUT2D eigenvalue weighted by Gasteiger charge is -2.52. The molecular formula is C11H18ClNO2. The molecule has 3 fully saturated rings. The minimum absolute atomic E-state index is 0.100. The van der Waals surface area contributed by atoms with Crippen LogP contribution in [0.15, 0.2) is 0 Å². The van der Waals surface area contributed by atoms with Crippen LogP contribution < -0.4 is 0 Å². The van der Waals surface area contributed by atoms with E-state index in [4.69, 9.17) is 16.3 Å². The Morgan fingerprint density at radius 1 is 1.53 bits per heavy atom. The number of halogens is 1. The zero-order chi connectivity index (χ0) is 11.0. The van der Waals surface area contributed by atoms with Gasteiger partial charge in [0, 0.05) is 32.0 Å². The predicted octanol–water partition coefficient (Wildman–Crippen LogP) is 1.50. The van der Waals surface area contributed by atoms with Gasteiger partial charge in [0.2, 0.25) is 5.91 Å². The summed E-state index contributed by atoms with van der Waals surface area (Å²) < 4.78 is 5.40. The summed E-state index contributed by atoms with van der Waals surface area (Å²) in [6.45, 7) is 3.60. The molecule has 3 atom stereocenters. The number of fused-ring (bicyclic) bond motifs is 2. The highest BCUT2D eigenvalue weighted by Gasteiger charge is 2.48. The Hall–Kier alpha value is -0.280. The van der Waals surface area contributed by atoms with Crippen LogP contribution in [0.1, 0.15) is 19.8 Å². The van der Waals surface area contributed by atoms with Crippen molar-refractivity contribution in [3.63, 3.8) is 0 Å². The fourth-order valence-electron chi connectivity index (χ4n) is 2.78. The molecule has 0 aromatic heterocycles. The van der Waals surface area contributed by atoms with Crippen LogP contribution in [-0.2, 0) is 9.53 Å². The quantitative estimate of drug-likeness (QED) is 0.689. The topological polar surface area (TPSA) is 29.5 Å². The summed E-state index contributed by atoms with van der Waals surface area (Å²) in [5, 5.41) is -0.344. The third-order valence-electron chi connectivity index (χ3n) is 3.65. The van der Waals surface area contributed by atoms with Gasteiger partial charge in [-0.2, -0.15) is 0 Å². The molecule has 1 aliphatic carbocycles. The lowest BCUT2D eigenvalue weighted by Crippen LogP contribution is -2.61. The Balaban J connectivity index is 1.91. The van der Waals surface area contributed by atoms with Crippen LogP contribution in [-0.4, -0.2) is 42.5 Å². The normalized spacial score (nSPS) is 35.9. The molecule has 1 saturated carbocycles. The van der Waals surface area contributed by atoms with Crippen molar-refractivity contribution < 1.29 is 9.53 Å². The number of carbonyl (C=O) groups excluding carboxylic acids is 1. The van der Waals surface area contributed by atoms with Crippen LogP contribution in [0, 0.1) is 11.8 Å². The van der Waals surface area contributed by atoms with E-state index in [0.29, 0.717) is 24.4 Å². The molecule has 0 spiro atoms. The van der Waals surface area contributed by atoms with Crippen molar-refractivity contribution in [2.24, 2.45) is 11.8 Å². The van der Waals surface area contributed by atoms with Crippen molar-refractivity contribution in [2.75, 3.05) is 20.2 Å². The molecule has 2 bridgehead atoms. The van der Waals surface area contributed by atoms with Crippen molar-refractivity contribution in [3.05, 3.63) is 0 Å². The first-order valence-electron chi connectivity index (χ1n) is 5.63. The molecule has 3 unspecified atom stereocenters. The van der Waals surface area contributed by atoms with Gasteiger partial charge in [0.1, 0.15) is 5.38 Å². The van der Waals surface area contributed by atoms with Gasteiger partial charge < -0.3 is 9.64 Å². The first-order valence-corrected chi connectivity index (χ1v) is 6.06. The van der Waals surface area contributed by atoms with Crippen molar-refractivity contribution in [2.45, 2.75) is 31.2 Å². The molecule has 0 radical (unpaired) electrons. The summed E-state index contributed by atoms with van der Waals surface area (Å²) in [6.07, 6.45) is 2.30. The number of rotatable bonds is 3. The highest BCUT2D eigenvalue weighted by molar-refractivity contribution is 6.30. The van der Waals surface area contributed by atoms with Gasteiger partial charge in [-0.25, -0.2) is 0 Å².